The van der Waals surface area contributed by atoms with Crippen LogP contribution in [0.4, 0.5) is 5.13 Å². The molecule has 1 saturated heterocycles. The molecule has 3 unspecified atom stereocenters. The fraction of sp³-hybridized carbons (Fsp3) is 0.412. The average Bonchev–Trinajstić information content (AvgIpc) is 3.29. The fourth-order valence-electron chi connectivity index (χ4n) is 3.12. The second-order valence-electron chi connectivity index (χ2n) is 6.51. The van der Waals surface area contributed by atoms with E-state index in [0.29, 0.717) is 33.7 Å². The van der Waals surface area contributed by atoms with Crippen LogP contribution in [0.5, 0.6) is 0 Å². The number of hydrogen-bond acceptors (Lipinski definition) is 7. The van der Waals surface area contributed by atoms with Gasteiger partial charge in [0.25, 0.3) is 0 Å². The summed E-state index contributed by atoms with van der Waals surface area (Å²) in [7, 11) is 1.29. The molecule has 1 aliphatic rings. The number of piperidine rings is 1. The third-order valence-electron chi connectivity index (χ3n) is 4.68. The number of rotatable bonds is 6. The van der Waals surface area contributed by atoms with E-state index in [-0.39, 0.29) is 26.5 Å². The number of halogens is 2. The summed E-state index contributed by atoms with van der Waals surface area (Å²) in [4.78, 5) is 45.6. The van der Waals surface area contributed by atoms with Crippen LogP contribution in [0, 0.1) is 12.8 Å². The molecule has 0 bridgehead atoms. The van der Waals surface area contributed by atoms with Gasteiger partial charge in [0.15, 0.2) is 0 Å². The van der Waals surface area contributed by atoms with Gasteiger partial charge in [0.1, 0.15) is 0 Å². The Morgan fingerprint density at radius 3 is 2.69 bits per heavy atom. The zero-order valence-electron chi connectivity index (χ0n) is 15.5. The van der Waals surface area contributed by atoms with Gasteiger partial charge in [-0.1, -0.05) is 0 Å². The Hall–Kier alpha value is -1.54. The van der Waals surface area contributed by atoms with Gasteiger partial charge in [-0.3, -0.25) is 0 Å². The van der Waals surface area contributed by atoms with Crippen LogP contribution in [0.1, 0.15) is 32.3 Å². The van der Waals surface area contributed by atoms with Crippen molar-refractivity contribution in [3.8, 4) is 0 Å². The molecule has 0 saturated carbocycles. The topological polar surface area (TPSA) is 113 Å². The minimum absolute atomic E-state index is 0.142. The average molecular weight is 522 g/mol. The summed E-state index contributed by atoms with van der Waals surface area (Å²) >= 11 is 12.0. The molecule has 2 aromatic rings. The summed E-state index contributed by atoms with van der Waals surface area (Å²) in [6.45, 7) is 2.50. The van der Waals surface area contributed by atoms with E-state index < -0.39 is 33.6 Å². The van der Waals surface area contributed by atoms with E-state index >= 15 is 0 Å². The van der Waals surface area contributed by atoms with Gasteiger partial charge >= 0.3 is 188 Å². The number of hydrogen-bond donors (Lipinski definition) is 2. The van der Waals surface area contributed by atoms with Gasteiger partial charge in [0, 0.05) is 0 Å². The third kappa shape index (κ3) is 4.63. The van der Waals surface area contributed by atoms with Gasteiger partial charge in [-0.05, 0) is 0 Å². The molecule has 2 N–H and O–H groups in total. The number of thiazole rings is 1. The number of methoxy groups -OCH3 is 1. The molecule has 0 spiro atoms. The number of esters is 1. The summed E-state index contributed by atoms with van der Waals surface area (Å²) in [6, 6.07) is 0. The summed E-state index contributed by atoms with van der Waals surface area (Å²) in [5.74, 6) is -2.14. The molecule has 29 heavy (non-hydrogen) atoms. The molecular formula is C17H18AsCl2N3O5S. The van der Waals surface area contributed by atoms with Crippen molar-refractivity contribution in [3.63, 3.8) is 0 Å². The quantitative estimate of drug-likeness (QED) is 0.444. The van der Waals surface area contributed by atoms with Crippen molar-refractivity contribution in [1.82, 2.24) is 9.97 Å². The molecule has 8 nitrogen and oxygen atoms in total. The molecule has 1 fully saturated rings. The maximum atomic E-state index is 12.7. The molecule has 2 aromatic heterocycles. The Kier molecular flexibility index (Phi) is 6.94. The second-order valence-corrected chi connectivity index (χ2v) is 11.4. The number of nitrogens with one attached hydrogen (secondary N) is 1. The zero-order valence-corrected chi connectivity index (χ0v) is 19.9. The van der Waals surface area contributed by atoms with E-state index in [1.54, 1.807) is 6.92 Å². The van der Waals surface area contributed by atoms with Gasteiger partial charge in [-0.15, -0.1) is 0 Å². The number of carboxylic acid groups (broad SMARTS) is 1. The van der Waals surface area contributed by atoms with E-state index in [2.05, 4.69) is 14.7 Å². The van der Waals surface area contributed by atoms with Crippen LogP contribution in [-0.4, -0.2) is 67.5 Å². The Balaban J connectivity index is 1.73. The molecule has 0 aliphatic carbocycles. The first kappa shape index (κ1) is 22.2. The molecule has 0 aromatic carbocycles. The number of carboxylic acids is 1. The van der Waals surface area contributed by atoms with Crippen LogP contribution in [0.3, 0.4) is 0 Å². The standard InChI is InChI=1S/C17H18AsCl2N3O5S/c1-7-11(19)12(20)13(22-7)14(24)18-9-3-4-23(6-8(9)15(25)26)17-21-5-10(29-17)16(27)28-2/h5,8-9,18,22H,3-4,6H2,1-2H3,(H,25,26). The Morgan fingerprint density at radius 2 is 2.10 bits per heavy atom. The molecule has 0 amide bonds. The Labute approximate surface area is 187 Å². The SMILES string of the molecule is COC(=O)c1cnc(N2CCC([AsH]C(=O)c3[nH]c(C)c(Cl)c3Cl)C(C(=O)O)C2)s1. The number of ether oxygens (including phenoxy) is 1. The fourth-order valence-corrected chi connectivity index (χ4v) is 7.49. The van der Waals surface area contributed by atoms with Gasteiger partial charge in [0.05, 0.1) is 0 Å². The van der Waals surface area contributed by atoms with Crippen LogP contribution >= 0.6 is 34.5 Å². The van der Waals surface area contributed by atoms with Gasteiger partial charge in [0.2, 0.25) is 0 Å². The number of carbonyl (C=O) groups excluding carboxylic acids is 2. The van der Waals surface area contributed by atoms with Crippen molar-refractivity contribution < 1.29 is 24.2 Å². The van der Waals surface area contributed by atoms with Gasteiger partial charge in [-0.2, -0.15) is 0 Å². The van der Waals surface area contributed by atoms with E-state index in [9.17, 15) is 19.5 Å². The molecule has 3 heterocycles. The predicted octanol–water partition coefficient (Wildman–Crippen LogP) is 2.85. The summed E-state index contributed by atoms with van der Waals surface area (Å²) < 4.78 is 4.31. The van der Waals surface area contributed by atoms with Crippen molar-refractivity contribution in [1.29, 1.82) is 0 Å². The summed E-state index contributed by atoms with van der Waals surface area (Å²) in [5.41, 5.74) is 0.879. The molecule has 3 atom stereocenters. The predicted molar refractivity (Wildman–Crippen MR) is 112 cm³/mol. The number of aryl methyl sites for hydroxylation is 1. The van der Waals surface area contributed by atoms with Gasteiger partial charge in [-0.25, -0.2) is 0 Å². The normalized spacial score (nSPS) is 19.7. The minimum atomic E-state index is -1.30. The van der Waals surface area contributed by atoms with Crippen molar-refractivity contribution in [2.45, 2.75) is 18.1 Å². The number of aliphatic carboxylic acids is 1. The van der Waals surface area contributed by atoms with Crippen molar-refractivity contribution in [3.05, 3.63) is 32.5 Å². The molecule has 3 rings (SSSR count). The van der Waals surface area contributed by atoms with Crippen LogP contribution in [0.2, 0.25) is 14.8 Å². The number of aromatic amines is 1. The molecule has 0 radical (unpaired) electrons. The van der Waals surface area contributed by atoms with Crippen molar-refractivity contribution >= 4 is 71.9 Å². The van der Waals surface area contributed by atoms with Crippen LogP contribution in [-0.2, 0) is 9.53 Å². The van der Waals surface area contributed by atoms with Crippen LogP contribution in [0.25, 0.3) is 0 Å². The number of nitrogens with zero attached hydrogens (tertiary/aromatic N) is 2. The first-order chi connectivity index (χ1) is 13.7. The summed E-state index contributed by atoms with van der Waals surface area (Å²) in [5, 5.41) is 10.8. The summed E-state index contributed by atoms with van der Waals surface area (Å²) in [6.07, 6.45) is 1.96. The Morgan fingerprint density at radius 1 is 1.38 bits per heavy atom. The van der Waals surface area contributed by atoms with Crippen LogP contribution in [0.15, 0.2) is 6.20 Å². The number of anilines is 1. The van der Waals surface area contributed by atoms with Gasteiger partial charge < -0.3 is 0 Å². The number of H-pyrrole nitrogens is 1. The van der Waals surface area contributed by atoms with E-state index in [4.69, 9.17) is 23.2 Å². The molecule has 12 heteroatoms. The first-order valence-corrected chi connectivity index (χ1v) is 12.4. The van der Waals surface area contributed by atoms with E-state index in [1.807, 2.05) is 4.90 Å². The van der Waals surface area contributed by atoms with E-state index in [0.717, 1.165) is 11.3 Å². The Bertz CT molecular complexity index is 963. The maximum absolute atomic E-state index is 12.7. The van der Waals surface area contributed by atoms with Crippen molar-refractivity contribution in [2.75, 3.05) is 25.1 Å². The number of carbonyl (C=O) groups is 3. The molecular weight excluding hydrogens is 504 g/mol. The molecule has 156 valence electrons. The van der Waals surface area contributed by atoms with E-state index in [1.165, 1.54) is 13.3 Å². The first-order valence-electron chi connectivity index (χ1n) is 8.59. The number of aromatic nitrogens is 2. The second kappa shape index (κ2) is 9.08. The molecule has 1 aliphatic heterocycles. The third-order valence-corrected chi connectivity index (χ3v) is 9.97. The zero-order chi connectivity index (χ0) is 21.3. The monoisotopic (exact) mass is 521 g/mol. The van der Waals surface area contributed by atoms with Crippen LogP contribution < -0.4 is 4.90 Å². The van der Waals surface area contributed by atoms with Crippen molar-refractivity contribution in [2.24, 2.45) is 5.92 Å².